The minimum absolute atomic E-state index is 0.00931. The Balaban J connectivity index is 2.47. The van der Waals surface area contributed by atoms with Gasteiger partial charge in [0.25, 0.3) is 10.1 Å². The van der Waals surface area contributed by atoms with E-state index < -0.39 is 10.1 Å². The van der Waals surface area contributed by atoms with Crippen molar-refractivity contribution in [2.75, 3.05) is 12.9 Å². The zero-order valence-corrected chi connectivity index (χ0v) is 13.9. The van der Waals surface area contributed by atoms with Crippen LogP contribution in [0, 0.1) is 0 Å². The van der Waals surface area contributed by atoms with E-state index in [2.05, 4.69) is 11.1 Å². The van der Waals surface area contributed by atoms with E-state index in [0.717, 1.165) is 24.8 Å². The zero-order valence-electron chi connectivity index (χ0n) is 13.0. The largest absolute Gasteiger partial charge is 0.491 e. The molecule has 0 aliphatic rings. The van der Waals surface area contributed by atoms with Crippen LogP contribution < -0.4 is 9.47 Å². The molecule has 1 aromatic rings. The Bertz CT molecular complexity index is 509. The van der Waals surface area contributed by atoms with Gasteiger partial charge < -0.3 is 9.47 Å². The minimum Gasteiger partial charge on any atom is -0.491 e. The van der Waals surface area contributed by atoms with Gasteiger partial charge in [-0.25, -0.2) is 0 Å². The summed E-state index contributed by atoms with van der Waals surface area (Å²) in [6, 6.07) is 7.27. The Labute approximate surface area is 127 Å². The molecule has 0 radical (unpaired) electrons. The van der Waals surface area contributed by atoms with E-state index in [0.29, 0.717) is 5.75 Å². The average Bonchev–Trinajstić information content (AvgIpc) is 2.38. The smallest absolute Gasteiger partial charge is 0.264 e. The van der Waals surface area contributed by atoms with Crippen molar-refractivity contribution in [2.45, 2.75) is 45.8 Å². The Morgan fingerprint density at radius 1 is 1.00 bits per heavy atom. The molecule has 0 saturated carbocycles. The summed E-state index contributed by atoms with van der Waals surface area (Å²) < 4.78 is 37.8. The van der Waals surface area contributed by atoms with Crippen molar-refractivity contribution in [1.82, 2.24) is 0 Å². The minimum atomic E-state index is -3.44. The van der Waals surface area contributed by atoms with Crippen molar-refractivity contribution in [2.24, 2.45) is 0 Å². The predicted octanol–water partition coefficient (Wildman–Crippen LogP) is 3.00. The maximum Gasteiger partial charge on any atom is 0.264 e. The van der Waals surface area contributed by atoms with Gasteiger partial charge in [-0.2, -0.15) is 8.42 Å². The average molecular weight is 316 g/mol. The monoisotopic (exact) mass is 316 g/mol. The van der Waals surface area contributed by atoms with Crippen LogP contribution in [0.25, 0.3) is 0 Å². The Kier molecular flexibility index (Phi) is 6.98. The first-order valence-corrected chi connectivity index (χ1v) is 8.89. The van der Waals surface area contributed by atoms with Crippen molar-refractivity contribution in [1.29, 1.82) is 0 Å². The lowest BCUT2D eigenvalue weighted by molar-refractivity contribution is 0.147. The summed E-state index contributed by atoms with van der Waals surface area (Å²) in [7, 11) is -3.44. The van der Waals surface area contributed by atoms with Crippen molar-refractivity contribution in [3.05, 3.63) is 24.3 Å². The summed E-state index contributed by atoms with van der Waals surface area (Å²) in [5, 5.41) is 0. The molecule has 0 N–H and O–H groups in total. The third kappa shape index (κ3) is 7.92. The molecule has 0 aliphatic heterocycles. The highest BCUT2D eigenvalue weighted by molar-refractivity contribution is 7.85. The quantitative estimate of drug-likeness (QED) is 0.655. The van der Waals surface area contributed by atoms with E-state index in [1.807, 2.05) is 19.1 Å². The Hall–Kier alpha value is -1.27. The number of hydrogen-bond acceptors (Lipinski definition) is 5. The molecule has 2 atom stereocenters. The van der Waals surface area contributed by atoms with E-state index in [1.54, 1.807) is 19.1 Å². The molecule has 6 heteroatoms. The van der Waals surface area contributed by atoms with E-state index in [9.17, 15) is 8.42 Å². The van der Waals surface area contributed by atoms with Gasteiger partial charge >= 0.3 is 0 Å². The molecule has 1 rings (SSSR count). The van der Waals surface area contributed by atoms with Crippen LogP contribution in [0.15, 0.2) is 24.3 Å². The lowest BCUT2D eigenvalue weighted by atomic mass is 10.2. The molecule has 120 valence electrons. The molecule has 0 amide bonds. The number of ether oxygens (including phenoxy) is 2. The van der Waals surface area contributed by atoms with Crippen LogP contribution in [-0.2, 0) is 14.3 Å². The van der Waals surface area contributed by atoms with Crippen molar-refractivity contribution >= 4 is 10.1 Å². The third-order valence-corrected chi connectivity index (χ3v) is 3.27. The summed E-state index contributed by atoms with van der Waals surface area (Å²) in [5.74, 6) is 1.44. The number of rotatable bonds is 9. The predicted molar refractivity (Wildman–Crippen MR) is 82.3 cm³/mol. The van der Waals surface area contributed by atoms with Gasteiger partial charge in [-0.15, -0.1) is 0 Å². The number of hydrogen-bond donors (Lipinski definition) is 0. The van der Waals surface area contributed by atoms with Crippen LogP contribution in [0.3, 0.4) is 0 Å². The van der Waals surface area contributed by atoms with Crippen LogP contribution in [-0.4, -0.2) is 33.5 Å². The van der Waals surface area contributed by atoms with Gasteiger partial charge in [0.2, 0.25) is 0 Å². The van der Waals surface area contributed by atoms with Crippen molar-refractivity contribution < 1.29 is 22.1 Å². The maximum atomic E-state index is 10.9. The molecule has 5 nitrogen and oxygen atoms in total. The van der Waals surface area contributed by atoms with Gasteiger partial charge in [0.1, 0.15) is 24.2 Å². The first-order valence-electron chi connectivity index (χ1n) is 7.08. The molecule has 0 aliphatic carbocycles. The summed E-state index contributed by atoms with van der Waals surface area (Å²) >= 11 is 0. The third-order valence-electron chi connectivity index (χ3n) is 2.71. The Morgan fingerprint density at radius 3 is 1.90 bits per heavy atom. The van der Waals surface area contributed by atoms with Gasteiger partial charge in [-0.1, -0.05) is 13.3 Å². The van der Waals surface area contributed by atoms with E-state index in [4.69, 9.17) is 9.47 Å². The van der Waals surface area contributed by atoms with Crippen molar-refractivity contribution in [3.63, 3.8) is 0 Å². The maximum absolute atomic E-state index is 10.9. The molecular formula is C15H24O5S. The fourth-order valence-electron chi connectivity index (χ4n) is 1.78. The zero-order chi connectivity index (χ0) is 15.9. The van der Waals surface area contributed by atoms with Gasteiger partial charge in [0, 0.05) is 0 Å². The number of benzene rings is 1. The summed E-state index contributed by atoms with van der Waals surface area (Å²) in [6.45, 7) is 5.90. The first-order chi connectivity index (χ1) is 9.80. The molecule has 1 aromatic carbocycles. The molecular weight excluding hydrogens is 292 g/mol. The second-order valence-corrected chi connectivity index (χ2v) is 6.75. The SMILES string of the molecule is CCCC(C)Oc1ccc(OC(C)COS(C)(=O)=O)cc1. The second-order valence-electron chi connectivity index (χ2n) is 5.11. The molecule has 0 spiro atoms. The highest BCUT2D eigenvalue weighted by atomic mass is 32.2. The van der Waals surface area contributed by atoms with Crippen LogP contribution in [0.4, 0.5) is 0 Å². The molecule has 0 bridgehead atoms. The summed E-state index contributed by atoms with van der Waals surface area (Å²) in [6.07, 6.45) is 2.94. The van der Waals surface area contributed by atoms with Gasteiger partial charge in [-0.05, 0) is 44.5 Å². The van der Waals surface area contributed by atoms with Crippen LogP contribution in [0.5, 0.6) is 11.5 Å². The molecule has 0 heterocycles. The fourth-order valence-corrected chi connectivity index (χ4v) is 2.22. The second kappa shape index (κ2) is 8.24. The fraction of sp³-hybridized carbons (Fsp3) is 0.600. The normalized spacial score (nSPS) is 14.5. The molecule has 0 fully saturated rings. The summed E-state index contributed by atoms with van der Waals surface area (Å²) in [5.41, 5.74) is 0. The van der Waals surface area contributed by atoms with Gasteiger partial charge in [0.05, 0.1) is 12.4 Å². The molecule has 0 saturated heterocycles. The Morgan fingerprint density at radius 2 is 1.48 bits per heavy atom. The first kappa shape index (κ1) is 17.8. The van der Waals surface area contributed by atoms with Crippen LogP contribution >= 0.6 is 0 Å². The lowest BCUT2D eigenvalue weighted by Gasteiger charge is -2.16. The van der Waals surface area contributed by atoms with E-state index >= 15 is 0 Å². The van der Waals surface area contributed by atoms with Crippen molar-refractivity contribution in [3.8, 4) is 11.5 Å². The highest BCUT2D eigenvalue weighted by Crippen LogP contribution is 2.20. The topological polar surface area (TPSA) is 61.8 Å². The molecule has 0 aromatic heterocycles. The molecule has 2 unspecified atom stereocenters. The van der Waals surface area contributed by atoms with Gasteiger partial charge in [-0.3, -0.25) is 4.18 Å². The highest BCUT2D eigenvalue weighted by Gasteiger charge is 2.09. The lowest BCUT2D eigenvalue weighted by Crippen LogP contribution is -2.21. The summed E-state index contributed by atoms with van der Waals surface area (Å²) in [4.78, 5) is 0. The van der Waals surface area contributed by atoms with Crippen LogP contribution in [0.2, 0.25) is 0 Å². The van der Waals surface area contributed by atoms with Gasteiger partial charge in [0.15, 0.2) is 0 Å². The van der Waals surface area contributed by atoms with E-state index in [1.165, 1.54) is 0 Å². The standard InChI is InChI=1S/C15H24O5S/c1-5-6-12(2)19-14-7-9-15(10-8-14)20-13(3)11-18-21(4,16)17/h7-10,12-13H,5-6,11H2,1-4H3. The van der Waals surface area contributed by atoms with E-state index in [-0.39, 0.29) is 18.8 Å². The molecule has 21 heavy (non-hydrogen) atoms. The van der Waals surface area contributed by atoms with Crippen LogP contribution in [0.1, 0.15) is 33.6 Å².